The van der Waals surface area contributed by atoms with Crippen LogP contribution >= 0.6 is 23.1 Å². The number of hydrogen-bond acceptors (Lipinski definition) is 8. The standard InChI is InChI=1S/C10H10N4O4S3/c11-21(17,18)7-3-1-6(2-4-7)12-9-13-14-10(20-9)19-5-8(15)16/h1-4H,5H2,(H,12,13)(H,15,16)(H2,11,17,18). The molecule has 8 nitrogen and oxygen atoms in total. The maximum Gasteiger partial charge on any atom is 0.313 e. The second kappa shape index (κ2) is 6.39. The Hall–Kier alpha value is -1.69. The van der Waals surface area contributed by atoms with Crippen LogP contribution in [0.1, 0.15) is 0 Å². The van der Waals surface area contributed by atoms with Gasteiger partial charge in [-0.3, -0.25) is 4.79 Å². The van der Waals surface area contributed by atoms with Crippen molar-refractivity contribution >= 4 is 49.9 Å². The summed E-state index contributed by atoms with van der Waals surface area (Å²) in [6.07, 6.45) is 0. The van der Waals surface area contributed by atoms with Gasteiger partial charge in [-0.05, 0) is 24.3 Å². The SMILES string of the molecule is NS(=O)(=O)c1ccc(Nc2nnc(SCC(=O)O)s2)cc1. The first-order valence-electron chi connectivity index (χ1n) is 5.42. The number of benzene rings is 1. The fraction of sp³-hybridized carbons (Fsp3) is 0.100. The van der Waals surface area contributed by atoms with Gasteiger partial charge in [0.25, 0.3) is 0 Å². The second-order valence-electron chi connectivity index (χ2n) is 3.75. The zero-order valence-electron chi connectivity index (χ0n) is 10.4. The molecule has 0 amide bonds. The Balaban J connectivity index is 2.03. The highest BCUT2D eigenvalue weighted by Crippen LogP contribution is 2.27. The lowest BCUT2D eigenvalue weighted by atomic mass is 10.3. The number of sulfonamides is 1. The number of nitrogens with one attached hydrogen (secondary N) is 1. The molecular weight excluding hydrogens is 336 g/mol. The van der Waals surface area contributed by atoms with Gasteiger partial charge in [-0.1, -0.05) is 23.1 Å². The van der Waals surface area contributed by atoms with Crippen LogP contribution in [0.25, 0.3) is 0 Å². The monoisotopic (exact) mass is 346 g/mol. The van der Waals surface area contributed by atoms with Crippen molar-refractivity contribution in [1.29, 1.82) is 0 Å². The summed E-state index contributed by atoms with van der Waals surface area (Å²) in [4.78, 5) is 10.5. The van der Waals surface area contributed by atoms with Crippen molar-refractivity contribution in [1.82, 2.24) is 10.2 Å². The summed E-state index contributed by atoms with van der Waals surface area (Å²) >= 11 is 2.28. The molecule has 1 aromatic carbocycles. The highest BCUT2D eigenvalue weighted by atomic mass is 32.2. The smallest absolute Gasteiger partial charge is 0.313 e. The van der Waals surface area contributed by atoms with Gasteiger partial charge in [-0.25, -0.2) is 13.6 Å². The van der Waals surface area contributed by atoms with Crippen LogP contribution in [-0.2, 0) is 14.8 Å². The Kier molecular flexibility index (Phi) is 4.77. The average molecular weight is 346 g/mol. The van der Waals surface area contributed by atoms with Gasteiger partial charge >= 0.3 is 5.97 Å². The highest BCUT2D eigenvalue weighted by molar-refractivity contribution is 8.01. The molecule has 0 fully saturated rings. The van der Waals surface area contributed by atoms with E-state index in [1.54, 1.807) is 12.1 Å². The van der Waals surface area contributed by atoms with E-state index in [9.17, 15) is 13.2 Å². The summed E-state index contributed by atoms with van der Waals surface area (Å²) in [5.41, 5.74) is 0.619. The van der Waals surface area contributed by atoms with E-state index in [0.29, 0.717) is 15.2 Å². The van der Waals surface area contributed by atoms with E-state index in [4.69, 9.17) is 10.2 Å². The van der Waals surface area contributed by atoms with Crippen molar-refractivity contribution in [3.05, 3.63) is 24.3 Å². The summed E-state index contributed by atoms with van der Waals surface area (Å²) in [5, 5.41) is 24.7. The van der Waals surface area contributed by atoms with Crippen LogP contribution in [-0.4, -0.2) is 35.4 Å². The van der Waals surface area contributed by atoms with Crippen LogP contribution in [0.15, 0.2) is 33.5 Å². The number of carboxylic acid groups (broad SMARTS) is 1. The number of carbonyl (C=O) groups is 1. The van der Waals surface area contributed by atoms with Crippen molar-refractivity contribution in [3.8, 4) is 0 Å². The third kappa shape index (κ3) is 4.67. The lowest BCUT2D eigenvalue weighted by molar-refractivity contribution is -0.133. The molecule has 0 unspecified atom stereocenters. The van der Waals surface area contributed by atoms with Crippen molar-refractivity contribution in [2.75, 3.05) is 11.1 Å². The number of nitrogens with zero attached hydrogens (tertiary/aromatic N) is 2. The number of nitrogens with two attached hydrogens (primary N) is 1. The number of hydrogen-bond donors (Lipinski definition) is 3. The van der Waals surface area contributed by atoms with Crippen LogP contribution < -0.4 is 10.5 Å². The summed E-state index contributed by atoms with van der Waals surface area (Å²) in [6.45, 7) is 0. The third-order valence-electron chi connectivity index (χ3n) is 2.16. The quantitative estimate of drug-likeness (QED) is 0.662. The molecule has 2 aromatic rings. The van der Waals surface area contributed by atoms with E-state index in [0.717, 1.165) is 11.8 Å². The molecule has 0 atom stereocenters. The van der Waals surface area contributed by atoms with Crippen LogP contribution in [0.5, 0.6) is 0 Å². The molecule has 11 heteroatoms. The van der Waals surface area contributed by atoms with Crippen molar-refractivity contribution < 1.29 is 18.3 Å². The lowest BCUT2D eigenvalue weighted by Gasteiger charge is -2.02. The maximum absolute atomic E-state index is 11.1. The number of thioether (sulfide) groups is 1. The summed E-state index contributed by atoms with van der Waals surface area (Å²) in [6, 6.07) is 5.84. The highest BCUT2D eigenvalue weighted by Gasteiger charge is 2.09. The Morgan fingerprint density at radius 1 is 1.33 bits per heavy atom. The average Bonchev–Trinajstić information content (AvgIpc) is 2.83. The Morgan fingerprint density at radius 2 is 2.00 bits per heavy atom. The molecule has 112 valence electrons. The molecule has 1 aromatic heterocycles. The number of carboxylic acids is 1. The van der Waals surface area contributed by atoms with Gasteiger partial charge in [0.05, 0.1) is 10.6 Å². The van der Waals surface area contributed by atoms with Crippen molar-refractivity contribution in [2.24, 2.45) is 5.14 Å². The van der Waals surface area contributed by atoms with Gasteiger partial charge in [0.1, 0.15) is 0 Å². The fourth-order valence-corrected chi connectivity index (χ4v) is 3.30. The van der Waals surface area contributed by atoms with Crippen molar-refractivity contribution in [3.63, 3.8) is 0 Å². The minimum absolute atomic E-state index is 0.0167. The first-order valence-corrected chi connectivity index (χ1v) is 8.77. The van der Waals surface area contributed by atoms with E-state index in [-0.39, 0.29) is 10.6 Å². The van der Waals surface area contributed by atoms with E-state index < -0.39 is 16.0 Å². The molecule has 0 aliphatic carbocycles. The predicted molar refractivity (Wildman–Crippen MR) is 79.4 cm³/mol. The summed E-state index contributed by atoms with van der Waals surface area (Å²) in [7, 11) is -3.72. The first-order chi connectivity index (χ1) is 9.84. The number of primary sulfonamides is 1. The number of aromatic nitrogens is 2. The molecule has 2 rings (SSSR count). The fourth-order valence-electron chi connectivity index (χ4n) is 1.29. The lowest BCUT2D eigenvalue weighted by Crippen LogP contribution is -2.11. The minimum Gasteiger partial charge on any atom is -0.481 e. The molecule has 4 N–H and O–H groups in total. The molecule has 21 heavy (non-hydrogen) atoms. The van der Waals surface area contributed by atoms with Crippen LogP contribution in [0.3, 0.4) is 0 Å². The van der Waals surface area contributed by atoms with E-state index in [1.807, 2.05) is 0 Å². The largest absolute Gasteiger partial charge is 0.481 e. The topological polar surface area (TPSA) is 135 Å². The Labute approximate surface area is 128 Å². The first kappa shape index (κ1) is 15.7. The van der Waals surface area contributed by atoms with Gasteiger partial charge in [0.2, 0.25) is 15.2 Å². The Morgan fingerprint density at radius 3 is 2.57 bits per heavy atom. The Bertz CT molecular complexity index is 742. The molecule has 0 spiro atoms. The van der Waals surface area contributed by atoms with Crippen LogP contribution in [0, 0.1) is 0 Å². The maximum atomic E-state index is 11.1. The zero-order chi connectivity index (χ0) is 15.5. The van der Waals surface area contributed by atoms with E-state index >= 15 is 0 Å². The predicted octanol–water partition coefficient (Wildman–Crippen LogP) is 1.11. The zero-order valence-corrected chi connectivity index (χ0v) is 12.8. The molecule has 0 aliphatic rings. The van der Waals surface area contributed by atoms with Crippen molar-refractivity contribution in [2.45, 2.75) is 9.24 Å². The molecule has 0 saturated heterocycles. The molecule has 1 heterocycles. The van der Waals surface area contributed by atoms with Gasteiger partial charge < -0.3 is 10.4 Å². The molecular formula is C10H10N4O4S3. The van der Waals surface area contributed by atoms with E-state index in [1.165, 1.54) is 23.5 Å². The van der Waals surface area contributed by atoms with Gasteiger partial charge in [-0.15, -0.1) is 10.2 Å². The molecule has 0 bridgehead atoms. The number of rotatable bonds is 6. The van der Waals surface area contributed by atoms with Crippen LogP contribution in [0.2, 0.25) is 0 Å². The van der Waals surface area contributed by atoms with E-state index in [2.05, 4.69) is 15.5 Å². The minimum atomic E-state index is -3.72. The molecule has 0 aliphatic heterocycles. The molecule has 0 saturated carbocycles. The molecule has 0 radical (unpaired) electrons. The summed E-state index contributed by atoms with van der Waals surface area (Å²) in [5.74, 6) is -1.01. The van der Waals surface area contributed by atoms with Gasteiger partial charge in [0, 0.05) is 5.69 Å². The number of anilines is 2. The van der Waals surface area contributed by atoms with Gasteiger partial charge in [0.15, 0.2) is 4.34 Å². The number of aliphatic carboxylic acids is 1. The second-order valence-corrected chi connectivity index (χ2v) is 7.51. The van der Waals surface area contributed by atoms with Gasteiger partial charge in [-0.2, -0.15) is 0 Å². The van der Waals surface area contributed by atoms with Crippen LogP contribution in [0.4, 0.5) is 10.8 Å². The third-order valence-corrected chi connectivity index (χ3v) is 5.05. The normalized spacial score (nSPS) is 11.3. The summed E-state index contributed by atoms with van der Waals surface area (Å²) < 4.78 is 22.8.